The number of aromatic nitrogens is 2. The molecular formula is C18H28N6O3. The number of nitrogens with one attached hydrogen (secondary N) is 1. The number of pyridine rings is 2. The lowest BCUT2D eigenvalue weighted by Crippen LogP contribution is -2.30. The Balaban J connectivity index is 0.000000460. The Hall–Kier alpha value is -2.88. The minimum atomic E-state index is -0.154. The first kappa shape index (κ1) is 24.1. The second-order valence-corrected chi connectivity index (χ2v) is 5.10. The van der Waals surface area contributed by atoms with Gasteiger partial charge in [-0.3, -0.25) is 36.7 Å². The Bertz CT molecular complexity index is 626. The van der Waals surface area contributed by atoms with Gasteiger partial charge in [0.05, 0.1) is 6.61 Å². The highest BCUT2D eigenvalue weighted by atomic mass is 16.5. The fourth-order valence-corrected chi connectivity index (χ4v) is 1.90. The van der Waals surface area contributed by atoms with Crippen molar-refractivity contribution in [3.05, 3.63) is 60.2 Å². The van der Waals surface area contributed by atoms with Gasteiger partial charge < -0.3 is 4.74 Å². The average molecular weight is 376 g/mol. The van der Waals surface area contributed by atoms with Crippen molar-refractivity contribution in [1.82, 2.24) is 15.4 Å². The number of esters is 1. The van der Waals surface area contributed by atoms with Gasteiger partial charge in [0.25, 0.3) is 0 Å². The van der Waals surface area contributed by atoms with Gasteiger partial charge >= 0.3 is 5.97 Å². The quantitative estimate of drug-likeness (QED) is 0.234. The van der Waals surface area contributed by atoms with Crippen LogP contribution in [-0.2, 0) is 27.2 Å². The number of aryl methyl sites for hydroxylation is 2. The van der Waals surface area contributed by atoms with E-state index >= 15 is 0 Å². The first-order valence-corrected chi connectivity index (χ1v) is 8.42. The lowest BCUT2D eigenvalue weighted by molar-refractivity contribution is -0.143. The number of carbonyl (C=O) groups is 2. The number of nitrogens with two attached hydrogens (primary N) is 3. The fourth-order valence-electron chi connectivity index (χ4n) is 1.90. The van der Waals surface area contributed by atoms with Crippen molar-refractivity contribution in [1.29, 1.82) is 0 Å². The Morgan fingerprint density at radius 3 is 1.93 bits per heavy atom. The number of carbonyl (C=O) groups excluding carboxylic acids is 2. The molecule has 0 bridgehead atoms. The molecule has 0 aliphatic heterocycles. The predicted molar refractivity (Wildman–Crippen MR) is 102 cm³/mol. The average Bonchev–Trinajstić information content (AvgIpc) is 2.74. The molecule has 2 rings (SSSR count). The summed E-state index contributed by atoms with van der Waals surface area (Å²) in [5.74, 6) is 12.6. The van der Waals surface area contributed by atoms with Gasteiger partial charge in [-0.25, -0.2) is 5.84 Å². The van der Waals surface area contributed by atoms with Crippen molar-refractivity contribution >= 4 is 11.9 Å². The summed E-state index contributed by atoms with van der Waals surface area (Å²) in [5.41, 5.74) is 4.18. The van der Waals surface area contributed by atoms with Crippen LogP contribution in [0.2, 0.25) is 0 Å². The molecule has 0 spiro atoms. The first-order valence-electron chi connectivity index (χ1n) is 8.42. The molecule has 9 nitrogen and oxygen atoms in total. The molecule has 1 amide bonds. The molecule has 148 valence electrons. The van der Waals surface area contributed by atoms with Crippen LogP contribution in [0.15, 0.2) is 49.1 Å². The summed E-state index contributed by atoms with van der Waals surface area (Å²) in [6.07, 6.45) is 9.13. The minimum Gasteiger partial charge on any atom is -0.466 e. The summed E-state index contributed by atoms with van der Waals surface area (Å²) < 4.78 is 4.80. The summed E-state index contributed by atoms with van der Waals surface area (Å²) in [6, 6.07) is 7.58. The van der Waals surface area contributed by atoms with Crippen molar-refractivity contribution < 1.29 is 14.3 Å². The third kappa shape index (κ3) is 13.0. The van der Waals surface area contributed by atoms with Crippen LogP contribution in [0.4, 0.5) is 0 Å². The Morgan fingerprint density at radius 2 is 1.52 bits per heavy atom. The number of ether oxygens (including phenoxy) is 1. The van der Waals surface area contributed by atoms with Crippen LogP contribution in [0.1, 0.15) is 30.9 Å². The molecule has 0 aliphatic carbocycles. The molecule has 0 aromatic carbocycles. The molecule has 0 atom stereocenters. The summed E-state index contributed by atoms with van der Waals surface area (Å²) >= 11 is 0. The largest absolute Gasteiger partial charge is 0.466 e. The molecule has 0 fully saturated rings. The fraction of sp³-hybridized carbons (Fsp3) is 0.333. The van der Waals surface area contributed by atoms with Crippen molar-refractivity contribution in [2.45, 2.75) is 32.6 Å². The zero-order valence-corrected chi connectivity index (χ0v) is 15.5. The topological polar surface area (TPSA) is 159 Å². The maximum atomic E-state index is 11.0. The van der Waals surface area contributed by atoms with Gasteiger partial charge in [0.1, 0.15) is 0 Å². The van der Waals surface area contributed by atoms with Crippen LogP contribution >= 0.6 is 0 Å². The Kier molecular flexibility index (Phi) is 14.8. The second-order valence-electron chi connectivity index (χ2n) is 5.10. The Morgan fingerprint density at radius 1 is 1.00 bits per heavy atom. The smallest absolute Gasteiger partial charge is 0.306 e. The van der Waals surface area contributed by atoms with Crippen LogP contribution in [0.5, 0.6) is 0 Å². The summed E-state index contributed by atoms with van der Waals surface area (Å²) in [5, 5.41) is 0. The standard InChI is InChI=1S/C10H13NO2.C8H11N3O.H4N2/c1-2-13-10(12)6-5-9-4-3-7-11-8-9;9-11-8(12)4-3-7-2-1-5-10-6-7;1-2/h3-4,7-8H,2,5-6H2,1H3;1-2,5-6H,3-4,9H2,(H,11,12);1-2H2. The van der Waals surface area contributed by atoms with E-state index in [1.165, 1.54) is 0 Å². The van der Waals surface area contributed by atoms with Crippen LogP contribution in [0, 0.1) is 0 Å². The van der Waals surface area contributed by atoms with E-state index in [4.69, 9.17) is 10.6 Å². The van der Waals surface area contributed by atoms with Gasteiger partial charge in [0.15, 0.2) is 0 Å². The number of rotatable bonds is 7. The molecule has 27 heavy (non-hydrogen) atoms. The van der Waals surface area contributed by atoms with Crippen LogP contribution in [0.3, 0.4) is 0 Å². The van der Waals surface area contributed by atoms with Gasteiger partial charge in [0.2, 0.25) is 5.91 Å². The third-order valence-electron chi connectivity index (χ3n) is 3.17. The molecule has 2 aromatic rings. The second kappa shape index (κ2) is 16.6. The molecule has 0 saturated heterocycles. The van der Waals surface area contributed by atoms with E-state index in [2.05, 4.69) is 27.1 Å². The van der Waals surface area contributed by atoms with E-state index in [1.54, 1.807) is 24.8 Å². The number of hydrogen-bond acceptors (Lipinski definition) is 8. The van der Waals surface area contributed by atoms with Crippen LogP contribution in [-0.4, -0.2) is 28.5 Å². The van der Waals surface area contributed by atoms with E-state index < -0.39 is 0 Å². The lowest BCUT2D eigenvalue weighted by atomic mass is 10.1. The molecule has 0 aliphatic rings. The number of amides is 1. The van der Waals surface area contributed by atoms with Gasteiger partial charge in [-0.2, -0.15) is 0 Å². The molecule has 2 aromatic heterocycles. The van der Waals surface area contributed by atoms with Gasteiger partial charge in [-0.15, -0.1) is 0 Å². The van der Waals surface area contributed by atoms with Crippen LogP contribution in [0.25, 0.3) is 0 Å². The highest BCUT2D eigenvalue weighted by Crippen LogP contribution is 2.01. The zero-order valence-electron chi connectivity index (χ0n) is 15.5. The highest BCUT2D eigenvalue weighted by Gasteiger charge is 2.01. The maximum absolute atomic E-state index is 11.0. The zero-order chi connectivity index (χ0) is 20.3. The van der Waals surface area contributed by atoms with E-state index in [0.29, 0.717) is 32.3 Å². The van der Waals surface area contributed by atoms with Crippen molar-refractivity contribution in [2.24, 2.45) is 17.5 Å². The summed E-state index contributed by atoms with van der Waals surface area (Å²) in [4.78, 5) is 29.6. The minimum absolute atomic E-state index is 0.147. The highest BCUT2D eigenvalue weighted by molar-refractivity contribution is 5.75. The maximum Gasteiger partial charge on any atom is 0.306 e. The van der Waals surface area contributed by atoms with Gasteiger partial charge in [-0.05, 0) is 43.0 Å². The molecule has 7 N–H and O–H groups in total. The number of hydrogen-bond donors (Lipinski definition) is 4. The normalized spacial score (nSPS) is 9.04. The monoisotopic (exact) mass is 376 g/mol. The van der Waals surface area contributed by atoms with E-state index in [1.807, 2.05) is 31.2 Å². The van der Waals surface area contributed by atoms with E-state index in [0.717, 1.165) is 11.1 Å². The summed E-state index contributed by atoms with van der Waals surface area (Å²) in [7, 11) is 0. The molecule has 0 unspecified atom stereocenters. The number of hydrazine groups is 2. The molecular weight excluding hydrogens is 348 g/mol. The predicted octanol–water partition coefficient (Wildman–Crippen LogP) is 0.400. The van der Waals surface area contributed by atoms with Crippen molar-refractivity contribution in [3.8, 4) is 0 Å². The van der Waals surface area contributed by atoms with Crippen LogP contribution < -0.4 is 23.0 Å². The van der Waals surface area contributed by atoms with E-state index in [-0.39, 0.29) is 11.9 Å². The molecule has 2 heterocycles. The molecule has 0 radical (unpaired) electrons. The third-order valence-corrected chi connectivity index (χ3v) is 3.17. The lowest BCUT2D eigenvalue weighted by Gasteiger charge is -2.00. The molecule has 9 heteroatoms. The first-order chi connectivity index (χ1) is 13.2. The molecule has 0 saturated carbocycles. The SMILES string of the molecule is CCOC(=O)CCc1cccnc1.NN.NNC(=O)CCc1cccnc1. The Labute approximate surface area is 159 Å². The van der Waals surface area contributed by atoms with Gasteiger partial charge in [-0.1, -0.05) is 12.1 Å². The van der Waals surface area contributed by atoms with Crippen molar-refractivity contribution in [3.63, 3.8) is 0 Å². The van der Waals surface area contributed by atoms with Gasteiger partial charge in [0, 0.05) is 37.6 Å². The summed E-state index contributed by atoms with van der Waals surface area (Å²) in [6.45, 7) is 2.26. The van der Waals surface area contributed by atoms with Crippen molar-refractivity contribution in [2.75, 3.05) is 6.61 Å². The van der Waals surface area contributed by atoms with E-state index in [9.17, 15) is 9.59 Å². The number of nitrogens with zero attached hydrogens (tertiary/aromatic N) is 2.